The molecule has 0 radical (unpaired) electrons. The van der Waals surface area contributed by atoms with E-state index in [4.69, 9.17) is 11.6 Å². The molecule has 1 aromatic rings. The normalized spacial score (nSPS) is 17.6. The van der Waals surface area contributed by atoms with Gasteiger partial charge in [0.2, 0.25) is 0 Å². The second-order valence-corrected chi connectivity index (χ2v) is 5.92. The van der Waals surface area contributed by atoms with Crippen molar-refractivity contribution in [3.63, 3.8) is 0 Å². The van der Waals surface area contributed by atoms with Crippen molar-refractivity contribution in [3.8, 4) is 0 Å². The van der Waals surface area contributed by atoms with Gasteiger partial charge in [-0.05, 0) is 62.5 Å². The van der Waals surface area contributed by atoms with E-state index in [-0.39, 0.29) is 0 Å². The van der Waals surface area contributed by atoms with Crippen LogP contribution in [-0.2, 0) is 0 Å². The predicted octanol–water partition coefficient (Wildman–Crippen LogP) is 3.74. The smallest absolute Gasteiger partial charge is 0.0435 e. The highest BCUT2D eigenvalue weighted by Crippen LogP contribution is 2.27. The van der Waals surface area contributed by atoms with Crippen molar-refractivity contribution in [3.05, 3.63) is 28.8 Å². The first-order valence-electron chi connectivity index (χ1n) is 5.85. The third kappa shape index (κ3) is 3.41. The Morgan fingerprint density at radius 3 is 2.81 bits per heavy atom. The van der Waals surface area contributed by atoms with E-state index in [1.807, 2.05) is 17.8 Å². The van der Waals surface area contributed by atoms with E-state index in [0.29, 0.717) is 0 Å². The average molecular weight is 256 g/mol. The van der Waals surface area contributed by atoms with Gasteiger partial charge in [0.15, 0.2) is 0 Å². The molecular formula is C13H18ClNS. The van der Waals surface area contributed by atoms with Crippen LogP contribution >= 0.6 is 23.4 Å². The van der Waals surface area contributed by atoms with Crippen LogP contribution in [0, 0.1) is 12.8 Å². The molecule has 0 spiro atoms. The summed E-state index contributed by atoms with van der Waals surface area (Å²) in [5.74, 6) is 2.12. The molecule has 1 saturated heterocycles. The van der Waals surface area contributed by atoms with Gasteiger partial charge in [0, 0.05) is 15.7 Å². The largest absolute Gasteiger partial charge is 0.317 e. The van der Waals surface area contributed by atoms with Crippen LogP contribution in [0.15, 0.2) is 23.1 Å². The minimum atomic E-state index is 0.867. The molecule has 1 nitrogen and oxygen atoms in total. The molecule has 16 heavy (non-hydrogen) atoms. The Kier molecular flexibility index (Phi) is 4.56. The molecule has 1 N–H and O–H groups in total. The molecule has 2 rings (SSSR count). The lowest BCUT2D eigenvalue weighted by Crippen LogP contribution is -2.28. The number of piperidine rings is 1. The van der Waals surface area contributed by atoms with Gasteiger partial charge in [-0.2, -0.15) is 0 Å². The van der Waals surface area contributed by atoms with Crippen LogP contribution in [0.5, 0.6) is 0 Å². The minimum absolute atomic E-state index is 0.867. The Balaban J connectivity index is 1.86. The second kappa shape index (κ2) is 5.95. The van der Waals surface area contributed by atoms with Crippen LogP contribution in [0.1, 0.15) is 18.4 Å². The first-order valence-corrected chi connectivity index (χ1v) is 7.22. The number of nitrogens with one attached hydrogen (secondary N) is 1. The van der Waals surface area contributed by atoms with Gasteiger partial charge in [-0.25, -0.2) is 0 Å². The van der Waals surface area contributed by atoms with Crippen molar-refractivity contribution in [2.75, 3.05) is 18.8 Å². The summed E-state index contributed by atoms with van der Waals surface area (Å²) in [6, 6.07) is 6.32. The molecule has 0 atom stereocenters. The summed E-state index contributed by atoms with van der Waals surface area (Å²) in [4.78, 5) is 1.35. The number of thioether (sulfide) groups is 1. The maximum absolute atomic E-state index is 6.01. The number of rotatable bonds is 3. The fourth-order valence-corrected chi connectivity index (χ4v) is 3.27. The lowest BCUT2D eigenvalue weighted by atomic mass is 10.0. The van der Waals surface area contributed by atoms with Gasteiger partial charge >= 0.3 is 0 Å². The van der Waals surface area contributed by atoms with Crippen molar-refractivity contribution in [1.29, 1.82) is 0 Å². The third-order valence-electron chi connectivity index (χ3n) is 3.07. The lowest BCUT2D eigenvalue weighted by molar-refractivity contribution is 0.408. The van der Waals surface area contributed by atoms with E-state index in [1.165, 1.54) is 42.1 Å². The zero-order chi connectivity index (χ0) is 11.4. The number of hydrogen-bond donors (Lipinski definition) is 1. The van der Waals surface area contributed by atoms with E-state index in [1.54, 1.807) is 0 Å². The summed E-state index contributed by atoms with van der Waals surface area (Å²) < 4.78 is 0. The van der Waals surface area contributed by atoms with Gasteiger partial charge in [-0.3, -0.25) is 0 Å². The van der Waals surface area contributed by atoms with Crippen molar-refractivity contribution < 1.29 is 0 Å². The Hall–Kier alpha value is -0.180. The van der Waals surface area contributed by atoms with Crippen molar-refractivity contribution in [1.82, 2.24) is 5.32 Å². The summed E-state index contributed by atoms with van der Waals surface area (Å²) >= 11 is 7.98. The Labute approximate surface area is 107 Å². The SMILES string of the molecule is Cc1cc(SCC2CCNCC2)ccc1Cl. The first kappa shape index (κ1) is 12.3. The van der Waals surface area contributed by atoms with Gasteiger partial charge in [0.05, 0.1) is 0 Å². The summed E-state index contributed by atoms with van der Waals surface area (Å²) in [5, 5.41) is 4.27. The van der Waals surface area contributed by atoms with E-state index >= 15 is 0 Å². The van der Waals surface area contributed by atoms with Crippen LogP contribution in [0.25, 0.3) is 0 Å². The van der Waals surface area contributed by atoms with Crippen LogP contribution in [-0.4, -0.2) is 18.8 Å². The predicted molar refractivity (Wildman–Crippen MR) is 72.5 cm³/mol. The van der Waals surface area contributed by atoms with E-state index in [0.717, 1.165) is 10.9 Å². The number of halogens is 1. The summed E-state index contributed by atoms with van der Waals surface area (Å²) in [6.45, 7) is 4.44. The van der Waals surface area contributed by atoms with Gasteiger partial charge in [-0.15, -0.1) is 11.8 Å². The topological polar surface area (TPSA) is 12.0 Å². The van der Waals surface area contributed by atoms with Gasteiger partial charge in [0.25, 0.3) is 0 Å². The fraction of sp³-hybridized carbons (Fsp3) is 0.538. The fourth-order valence-electron chi connectivity index (χ4n) is 1.97. The highest BCUT2D eigenvalue weighted by atomic mass is 35.5. The molecular weight excluding hydrogens is 238 g/mol. The zero-order valence-corrected chi connectivity index (χ0v) is 11.2. The van der Waals surface area contributed by atoms with Crippen LogP contribution < -0.4 is 5.32 Å². The monoisotopic (exact) mass is 255 g/mol. The van der Waals surface area contributed by atoms with Crippen molar-refractivity contribution in [2.45, 2.75) is 24.7 Å². The third-order valence-corrected chi connectivity index (χ3v) is 4.72. The van der Waals surface area contributed by atoms with Crippen LogP contribution in [0.4, 0.5) is 0 Å². The lowest BCUT2D eigenvalue weighted by Gasteiger charge is -2.22. The summed E-state index contributed by atoms with van der Waals surface area (Å²) in [6.07, 6.45) is 2.64. The summed E-state index contributed by atoms with van der Waals surface area (Å²) in [7, 11) is 0. The zero-order valence-electron chi connectivity index (χ0n) is 9.63. The van der Waals surface area contributed by atoms with E-state index < -0.39 is 0 Å². The van der Waals surface area contributed by atoms with Crippen molar-refractivity contribution in [2.24, 2.45) is 5.92 Å². The van der Waals surface area contributed by atoms with Crippen molar-refractivity contribution >= 4 is 23.4 Å². The average Bonchev–Trinajstić information content (AvgIpc) is 2.32. The maximum atomic E-state index is 6.01. The molecule has 0 bridgehead atoms. The molecule has 3 heteroatoms. The molecule has 1 heterocycles. The molecule has 0 amide bonds. The number of benzene rings is 1. The maximum Gasteiger partial charge on any atom is 0.0435 e. The molecule has 1 aromatic carbocycles. The quantitative estimate of drug-likeness (QED) is 0.826. The highest BCUT2D eigenvalue weighted by molar-refractivity contribution is 7.99. The molecule has 1 aliphatic heterocycles. The minimum Gasteiger partial charge on any atom is -0.317 e. The van der Waals surface area contributed by atoms with Gasteiger partial charge in [-0.1, -0.05) is 11.6 Å². The molecule has 0 aliphatic carbocycles. The highest BCUT2D eigenvalue weighted by Gasteiger charge is 2.13. The molecule has 0 saturated carbocycles. The van der Waals surface area contributed by atoms with E-state index in [9.17, 15) is 0 Å². The Morgan fingerprint density at radius 2 is 2.12 bits per heavy atom. The summed E-state index contributed by atoms with van der Waals surface area (Å²) in [5.41, 5.74) is 1.18. The Morgan fingerprint density at radius 1 is 1.38 bits per heavy atom. The van der Waals surface area contributed by atoms with Gasteiger partial charge in [0.1, 0.15) is 0 Å². The number of aryl methyl sites for hydroxylation is 1. The molecule has 0 unspecified atom stereocenters. The Bertz CT molecular complexity index is 348. The van der Waals surface area contributed by atoms with Crippen LogP contribution in [0.3, 0.4) is 0 Å². The first-order chi connectivity index (χ1) is 7.75. The van der Waals surface area contributed by atoms with Gasteiger partial charge < -0.3 is 5.32 Å². The second-order valence-electron chi connectivity index (χ2n) is 4.42. The number of hydrogen-bond acceptors (Lipinski definition) is 2. The molecule has 1 fully saturated rings. The van der Waals surface area contributed by atoms with Crippen LogP contribution in [0.2, 0.25) is 5.02 Å². The molecule has 0 aromatic heterocycles. The van der Waals surface area contributed by atoms with E-state index in [2.05, 4.69) is 24.4 Å². The molecule has 1 aliphatic rings. The molecule has 88 valence electrons. The standard InChI is InChI=1S/C13H18ClNS/c1-10-8-12(2-3-13(10)14)16-9-11-4-6-15-7-5-11/h2-3,8,11,15H,4-7,9H2,1H3.